The molecule has 1 fully saturated rings. The average molecular weight is 357 g/mol. The van der Waals surface area contributed by atoms with E-state index < -0.39 is 11.9 Å². The molecule has 0 spiro atoms. The summed E-state index contributed by atoms with van der Waals surface area (Å²) in [5, 5.41) is 5.33. The minimum absolute atomic E-state index is 0.156. The highest BCUT2D eigenvalue weighted by atomic mass is 16.5. The van der Waals surface area contributed by atoms with E-state index in [1.807, 2.05) is 6.92 Å². The number of esters is 1. The number of ether oxygens (including phenoxy) is 1. The molecule has 0 radical (unpaired) electrons. The number of benzene rings is 1. The first-order valence-electron chi connectivity index (χ1n) is 8.17. The summed E-state index contributed by atoms with van der Waals surface area (Å²) >= 11 is 0. The lowest BCUT2D eigenvalue weighted by molar-refractivity contribution is -0.124. The first-order valence-corrected chi connectivity index (χ1v) is 8.17. The van der Waals surface area contributed by atoms with Crippen molar-refractivity contribution in [1.29, 1.82) is 0 Å². The molecule has 3 amide bonds. The maximum absolute atomic E-state index is 12.1. The number of aryl methyl sites for hydroxylation is 1. The van der Waals surface area contributed by atoms with Crippen LogP contribution in [0.2, 0.25) is 0 Å². The number of carbonyl (C=O) groups is 3. The molecule has 136 valence electrons. The fraction of sp³-hybridized carbons (Fsp3) is 0.278. The molecule has 0 atom stereocenters. The Bertz CT molecular complexity index is 816. The van der Waals surface area contributed by atoms with Gasteiger partial charge in [0.05, 0.1) is 18.4 Å². The van der Waals surface area contributed by atoms with Gasteiger partial charge < -0.3 is 19.8 Å². The first-order chi connectivity index (χ1) is 12.5. The lowest BCUT2D eigenvalue weighted by Crippen LogP contribution is -2.29. The zero-order valence-electron chi connectivity index (χ0n) is 14.3. The lowest BCUT2D eigenvalue weighted by Gasteiger charge is -2.17. The molecule has 3 rings (SSSR count). The van der Waals surface area contributed by atoms with Crippen LogP contribution in [-0.4, -0.2) is 37.6 Å². The molecule has 8 nitrogen and oxygen atoms in total. The van der Waals surface area contributed by atoms with Crippen LogP contribution >= 0.6 is 0 Å². The second-order valence-corrected chi connectivity index (χ2v) is 5.82. The molecule has 1 aromatic carbocycles. The highest BCUT2D eigenvalue weighted by molar-refractivity contribution is 5.96. The van der Waals surface area contributed by atoms with Crippen LogP contribution in [0, 0.1) is 6.92 Å². The van der Waals surface area contributed by atoms with Gasteiger partial charge in [0, 0.05) is 18.8 Å². The third-order valence-electron chi connectivity index (χ3n) is 3.95. The second kappa shape index (κ2) is 7.73. The zero-order chi connectivity index (χ0) is 18.5. The smallest absolute Gasteiger partial charge is 0.338 e. The van der Waals surface area contributed by atoms with Crippen molar-refractivity contribution >= 4 is 23.6 Å². The fourth-order valence-corrected chi connectivity index (χ4v) is 2.65. The topological polar surface area (TPSA) is 101 Å². The zero-order valence-corrected chi connectivity index (χ0v) is 14.3. The molecule has 2 heterocycles. The van der Waals surface area contributed by atoms with Crippen molar-refractivity contribution < 1.29 is 23.5 Å². The van der Waals surface area contributed by atoms with E-state index in [0.29, 0.717) is 24.4 Å². The van der Waals surface area contributed by atoms with Gasteiger partial charge in [0.15, 0.2) is 6.61 Å². The van der Waals surface area contributed by atoms with Gasteiger partial charge in [-0.1, -0.05) is 0 Å². The second-order valence-electron chi connectivity index (χ2n) is 5.82. The molecule has 0 unspecified atom stereocenters. The van der Waals surface area contributed by atoms with Crippen LogP contribution in [0.5, 0.6) is 0 Å². The largest absolute Gasteiger partial charge is 0.467 e. The van der Waals surface area contributed by atoms with E-state index in [-0.39, 0.29) is 19.2 Å². The molecule has 0 aliphatic carbocycles. The summed E-state index contributed by atoms with van der Waals surface area (Å²) in [5.74, 6) is -0.405. The van der Waals surface area contributed by atoms with Crippen LogP contribution in [0.15, 0.2) is 41.0 Å². The minimum Gasteiger partial charge on any atom is -0.467 e. The Morgan fingerprint density at radius 3 is 2.85 bits per heavy atom. The molecule has 0 saturated carbocycles. The number of nitrogens with one attached hydrogen (secondary N) is 2. The third kappa shape index (κ3) is 4.02. The summed E-state index contributed by atoms with van der Waals surface area (Å²) < 4.78 is 10.1. The number of amides is 3. The van der Waals surface area contributed by atoms with E-state index in [0.717, 1.165) is 11.3 Å². The number of hydrogen-bond acceptors (Lipinski definition) is 5. The fourth-order valence-electron chi connectivity index (χ4n) is 2.65. The average Bonchev–Trinajstić information content (AvgIpc) is 3.29. The number of nitrogens with zero attached hydrogens (tertiary/aromatic N) is 1. The summed E-state index contributed by atoms with van der Waals surface area (Å²) in [5.41, 5.74) is 1.84. The van der Waals surface area contributed by atoms with Gasteiger partial charge in [-0.05, 0) is 42.8 Å². The number of anilines is 1. The molecule has 8 heteroatoms. The van der Waals surface area contributed by atoms with Crippen molar-refractivity contribution in [2.45, 2.75) is 13.5 Å². The quantitative estimate of drug-likeness (QED) is 0.765. The highest BCUT2D eigenvalue weighted by Crippen LogP contribution is 2.23. The SMILES string of the molecule is Cc1cc(C(=O)OCC(=O)NCc2ccco2)ccc1N1CCNC1=O. The van der Waals surface area contributed by atoms with Crippen molar-refractivity contribution in [3.05, 3.63) is 53.5 Å². The van der Waals surface area contributed by atoms with Gasteiger partial charge in [-0.2, -0.15) is 0 Å². The standard InChI is InChI=1S/C18H19N3O5/c1-12-9-13(4-5-15(12)21-7-6-19-18(21)24)17(23)26-11-16(22)20-10-14-3-2-8-25-14/h2-5,8-9H,6-7,10-11H2,1H3,(H,19,24)(H,20,22). The number of urea groups is 1. The van der Waals surface area contributed by atoms with E-state index in [2.05, 4.69) is 10.6 Å². The molecular weight excluding hydrogens is 338 g/mol. The Hall–Kier alpha value is -3.29. The van der Waals surface area contributed by atoms with Gasteiger partial charge >= 0.3 is 12.0 Å². The van der Waals surface area contributed by atoms with Gasteiger partial charge in [0.1, 0.15) is 5.76 Å². The molecule has 26 heavy (non-hydrogen) atoms. The molecule has 2 N–H and O–H groups in total. The van der Waals surface area contributed by atoms with Crippen molar-refractivity contribution in [3.63, 3.8) is 0 Å². The highest BCUT2D eigenvalue weighted by Gasteiger charge is 2.23. The maximum atomic E-state index is 12.1. The Kier molecular flexibility index (Phi) is 5.21. The molecule has 0 bridgehead atoms. The van der Waals surface area contributed by atoms with E-state index in [1.54, 1.807) is 35.2 Å². The predicted octanol–water partition coefficient (Wildman–Crippen LogP) is 1.59. The summed E-state index contributed by atoms with van der Waals surface area (Å²) in [6.07, 6.45) is 1.51. The number of carbonyl (C=O) groups excluding carboxylic acids is 3. The Labute approximate surface area is 150 Å². The van der Waals surface area contributed by atoms with E-state index >= 15 is 0 Å². The van der Waals surface area contributed by atoms with Crippen LogP contribution in [0.1, 0.15) is 21.7 Å². The lowest BCUT2D eigenvalue weighted by atomic mass is 10.1. The van der Waals surface area contributed by atoms with E-state index in [4.69, 9.17) is 9.15 Å². The molecular formula is C18H19N3O5. The molecule has 1 aliphatic heterocycles. The first kappa shape index (κ1) is 17.5. The van der Waals surface area contributed by atoms with E-state index in [9.17, 15) is 14.4 Å². The predicted molar refractivity (Wildman–Crippen MR) is 92.8 cm³/mol. The summed E-state index contributed by atoms with van der Waals surface area (Å²) in [6, 6.07) is 8.22. The van der Waals surface area contributed by atoms with Crippen molar-refractivity contribution in [3.8, 4) is 0 Å². The monoisotopic (exact) mass is 357 g/mol. The van der Waals surface area contributed by atoms with Gasteiger partial charge in [-0.3, -0.25) is 9.69 Å². The van der Waals surface area contributed by atoms with Crippen LogP contribution in [0.4, 0.5) is 10.5 Å². The molecule has 1 aromatic heterocycles. The van der Waals surface area contributed by atoms with Gasteiger partial charge in [0.25, 0.3) is 5.91 Å². The Balaban J connectivity index is 1.53. The van der Waals surface area contributed by atoms with Gasteiger partial charge in [-0.15, -0.1) is 0 Å². The Morgan fingerprint density at radius 1 is 1.35 bits per heavy atom. The summed E-state index contributed by atoms with van der Waals surface area (Å²) in [4.78, 5) is 37.2. The normalized spacial score (nSPS) is 13.4. The Morgan fingerprint density at radius 2 is 2.19 bits per heavy atom. The van der Waals surface area contributed by atoms with Crippen molar-refractivity contribution in [2.75, 3.05) is 24.6 Å². The van der Waals surface area contributed by atoms with Crippen molar-refractivity contribution in [2.24, 2.45) is 0 Å². The van der Waals surface area contributed by atoms with Crippen LogP contribution in [-0.2, 0) is 16.1 Å². The number of rotatable bonds is 6. The number of hydrogen-bond donors (Lipinski definition) is 2. The van der Waals surface area contributed by atoms with Gasteiger partial charge in [0.2, 0.25) is 0 Å². The molecule has 1 aliphatic rings. The van der Waals surface area contributed by atoms with Crippen molar-refractivity contribution in [1.82, 2.24) is 10.6 Å². The summed E-state index contributed by atoms with van der Waals surface area (Å²) in [7, 11) is 0. The minimum atomic E-state index is -0.598. The van der Waals surface area contributed by atoms with Crippen LogP contribution in [0.25, 0.3) is 0 Å². The maximum Gasteiger partial charge on any atom is 0.338 e. The van der Waals surface area contributed by atoms with Crippen LogP contribution < -0.4 is 15.5 Å². The molecule has 2 aromatic rings. The third-order valence-corrected chi connectivity index (χ3v) is 3.95. The number of furan rings is 1. The van der Waals surface area contributed by atoms with Gasteiger partial charge in [-0.25, -0.2) is 9.59 Å². The summed E-state index contributed by atoms with van der Waals surface area (Å²) in [6.45, 7) is 2.84. The van der Waals surface area contributed by atoms with Crippen LogP contribution in [0.3, 0.4) is 0 Å². The molecule has 1 saturated heterocycles. The van der Waals surface area contributed by atoms with E-state index in [1.165, 1.54) is 6.26 Å².